The molecule has 0 atom stereocenters. The highest BCUT2D eigenvalue weighted by Crippen LogP contribution is 2.31. The van der Waals surface area contributed by atoms with E-state index in [4.69, 9.17) is 4.74 Å². The Hall–Kier alpha value is -1.82. The van der Waals surface area contributed by atoms with Crippen LogP contribution in [0.25, 0.3) is 0 Å². The highest BCUT2D eigenvalue weighted by Gasteiger charge is 2.34. The first kappa shape index (κ1) is 16.1. The number of hydrogen-bond acceptors (Lipinski definition) is 5. The van der Waals surface area contributed by atoms with E-state index in [9.17, 15) is 5.11 Å². The van der Waals surface area contributed by atoms with Crippen molar-refractivity contribution in [1.29, 1.82) is 0 Å². The molecular formula is C18H23N3O2. The molecule has 3 heterocycles. The third kappa shape index (κ3) is 4.34. The standard InChI is InChI=1S/C18H23N3O2/c22-18(17-6-2-4-10-20-17)7-11-21(12-8-18)13-14-23-15-16-5-1-3-9-19-16/h1-6,9-10,22H,7-8,11-15H2. The van der Waals surface area contributed by atoms with Crippen molar-refractivity contribution < 1.29 is 9.84 Å². The number of piperidine rings is 1. The summed E-state index contributed by atoms with van der Waals surface area (Å²) < 4.78 is 5.68. The van der Waals surface area contributed by atoms with E-state index in [2.05, 4.69) is 14.9 Å². The highest BCUT2D eigenvalue weighted by atomic mass is 16.5. The van der Waals surface area contributed by atoms with Crippen molar-refractivity contribution in [1.82, 2.24) is 14.9 Å². The van der Waals surface area contributed by atoms with Gasteiger partial charge < -0.3 is 14.7 Å². The number of likely N-dealkylation sites (tertiary alicyclic amines) is 1. The van der Waals surface area contributed by atoms with Gasteiger partial charge in [-0.3, -0.25) is 9.97 Å². The number of pyridine rings is 2. The van der Waals surface area contributed by atoms with E-state index >= 15 is 0 Å². The summed E-state index contributed by atoms with van der Waals surface area (Å²) in [6.07, 6.45) is 4.95. The quantitative estimate of drug-likeness (QED) is 0.826. The van der Waals surface area contributed by atoms with Gasteiger partial charge in [-0.2, -0.15) is 0 Å². The van der Waals surface area contributed by atoms with Crippen molar-refractivity contribution in [3.8, 4) is 0 Å². The first-order valence-corrected chi connectivity index (χ1v) is 8.10. The largest absolute Gasteiger partial charge is 0.383 e. The maximum Gasteiger partial charge on any atom is 0.109 e. The summed E-state index contributed by atoms with van der Waals surface area (Å²) in [6, 6.07) is 11.5. The van der Waals surface area contributed by atoms with E-state index < -0.39 is 5.60 Å². The first-order chi connectivity index (χ1) is 11.3. The second-order valence-corrected chi connectivity index (χ2v) is 5.96. The van der Waals surface area contributed by atoms with Crippen molar-refractivity contribution in [2.45, 2.75) is 25.0 Å². The number of aliphatic hydroxyl groups is 1. The molecular weight excluding hydrogens is 290 g/mol. The van der Waals surface area contributed by atoms with E-state index in [0.717, 1.165) is 31.0 Å². The Morgan fingerprint density at radius 3 is 2.43 bits per heavy atom. The lowest BCUT2D eigenvalue weighted by atomic mass is 9.88. The zero-order valence-corrected chi connectivity index (χ0v) is 13.3. The highest BCUT2D eigenvalue weighted by molar-refractivity contribution is 5.14. The number of aromatic nitrogens is 2. The van der Waals surface area contributed by atoms with Crippen LogP contribution in [0.5, 0.6) is 0 Å². The zero-order valence-electron chi connectivity index (χ0n) is 13.3. The molecule has 0 spiro atoms. The second kappa shape index (κ2) is 7.64. The molecule has 1 fully saturated rings. The van der Waals surface area contributed by atoms with Crippen LogP contribution < -0.4 is 0 Å². The maximum absolute atomic E-state index is 10.8. The predicted octanol–water partition coefficient (Wildman–Crippen LogP) is 1.98. The van der Waals surface area contributed by atoms with Crippen LogP contribution in [0.4, 0.5) is 0 Å². The third-order valence-corrected chi connectivity index (χ3v) is 4.35. The van der Waals surface area contributed by atoms with Gasteiger partial charge in [0.1, 0.15) is 5.60 Å². The van der Waals surface area contributed by atoms with Gasteiger partial charge in [0, 0.05) is 32.0 Å². The molecule has 0 aromatic carbocycles. The van der Waals surface area contributed by atoms with Crippen LogP contribution in [-0.4, -0.2) is 46.2 Å². The van der Waals surface area contributed by atoms with E-state index in [1.54, 1.807) is 12.4 Å². The summed E-state index contributed by atoms with van der Waals surface area (Å²) in [5.74, 6) is 0. The summed E-state index contributed by atoms with van der Waals surface area (Å²) in [6.45, 7) is 3.83. The molecule has 1 N–H and O–H groups in total. The number of hydrogen-bond donors (Lipinski definition) is 1. The molecule has 0 unspecified atom stereocenters. The van der Waals surface area contributed by atoms with Gasteiger partial charge in [-0.25, -0.2) is 0 Å². The fourth-order valence-electron chi connectivity index (χ4n) is 2.89. The van der Waals surface area contributed by atoms with Crippen LogP contribution >= 0.6 is 0 Å². The molecule has 2 aromatic heterocycles. The van der Waals surface area contributed by atoms with E-state index in [1.807, 2.05) is 36.4 Å². The topological polar surface area (TPSA) is 58.5 Å². The van der Waals surface area contributed by atoms with Crippen molar-refractivity contribution >= 4 is 0 Å². The van der Waals surface area contributed by atoms with Crippen molar-refractivity contribution in [3.63, 3.8) is 0 Å². The Bertz CT molecular complexity index is 584. The Kier molecular flexibility index (Phi) is 5.33. The summed E-state index contributed by atoms with van der Waals surface area (Å²) >= 11 is 0. The monoisotopic (exact) mass is 313 g/mol. The molecule has 122 valence electrons. The Balaban J connectivity index is 1.39. The van der Waals surface area contributed by atoms with Crippen molar-refractivity contribution in [3.05, 3.63) is 60.2 Å². The van der Waals surface area contributed by atoms with Crippen LogP contribution in [-0.2, 0) is 16.9 Å². The number of ether oxygens (including phenoxy) is 1. The second-order valence-electron chi connectivity index (χ2n) is 5.96. The van der Waals surface area contributed by atoms with Crippen LogP contribution in [0.2, 0.25) is 0 Å². The Morgan fingerprint density at radius 2 is 1.78 bits per heavy atom. The third-order valence-electron chi connectivity index (χ3n) is 4.35. The van der Waals surface area contributed by atoms with Crippen LogP contribution in [0.15, 0.2) is 48.8 Å². The van der Waals surface area contributed by atoms with Crippen LogP contribution in [0.1, 0.15) is 24.2 Å². The number of nitrogens with zero attached hydrogens (tertiary/aromatic N) is 3. The molecule has 5 heteroatoms. The Morgan fingerprint density at radius 1 is 1.04 bits per heavy atom. The van der Waals surface area contributed by atoms with E-state index in [-0.39, 0.29) is 0 Å². The lowest BCUT2D eigenvalue weighted by Crippen LogP contribution is -2.44. The van der Waals surface area contributed by atoms with Crippen molar-refractivity contribution in [2.24, 2.45) is 0 Å². The Labute approximate surface area is 137 Å². The summed E-state index contributed by atoms with van der Waals surface area (Å²) in [5, 5.41) is 10.8. The molecule has 0 saturated carbocycles. The molecule has 0 radical (unpaired) electrons. The minimum Gasteiger partial charge on any atom is -0.383 e. The molecule has 1 aliphatic heterocycles. The van der Waals surface area contributed by atoms with E-state index in [0.29, 0.717) is 26.1 Å². The molecule has 5 nitrogen and oxygen atoms in total. The molecule has 0 aliphatic carbocycles. The van der Waals surface area contributed by atoms with Gasteiger partial charge in [0.05, 0.1) is 24.6 Å². The lowest BCUT2D eigenvalue weighted by Gasteiger charge is -2.37. The van der Waals surface area contributed by atoms with Crippen molar-refractivity contribution in [2.75, 3.05) is 26.2 Å². The van der Waals surface area contributed by atoms with Gasteiger partial charge in [0.25, 0.3) is 0 Å². The molecule has 1 saturated heterocycles. The molecule has 2 aromatic rings. The van der Waals surface area contributed by atoms with Gasteiger partial charge in [-0.15, -0.1) is 0 Å². The van der Waals surface area contributed by atoms with Crippen LogP contribution in [0, 0.1) is 0 Å². The van der Waals surface area contributed by atoms with Crippen LogP contribution in [0.3, 0.4) is 0 Å². The molecule has 23 heavy (non-hydrogen) atoms. The minimum atomic E-state index is -0.785. The number of rotatable bonds is 6. The smallest absolute Gasteiger partial charge is 0.109 e. The molecule has 0 bridgehead atoms. The minimum absolute atomic E-state index is 0.548. The van der Waals surface area contributed by atoms with Gasteiger partial charge in [0.2, 0.25) is 0 Å². The molecule has 1 aliphatic rings. The summed E-state index contributed by atoms with van der Waals surface area (Å²) in [7, 11) is 0. The summed E-state index contributed by atoms with van der Waals surface area (Å²) in [5.41, 5.74) is 0.953. The molecule has 3 rings (SSSR count). The maximum atomic E-state index is 10.8. The fraction of sp³-hybridized carbons (Fsp3) is 0.444. The molecule has 0 amide bonds. The summed E-state index contributed by atoms with van der Waals surface area (Å²) in [4.78, 5) is 10.9. The SMILES string of the molecule is OC1(c2ccccn2)CCN(CCOCc2ccccn2)CC1. The average Bonchev–Trinajstić information content (AvgIpc) is 2.62. The van der Waals surface area contributed by atoms with Gasteiger partial charge in [-0.1, -0.05) is 12.1 Å². The van der Waals surface area contributed by atoms with Gasteiger partial charge >= 0.3 is 0 Å². The van der Waals surface area contributed by atoms with E-state index in [1.165, 1.54) is 0 Å². The first-order valence-electron chi connectivity index (χ1n) is 8.10. The van der Waals surface area contributed by atoms with Gasteiger partial charge in [-0.05, 0) is 37.1 Å². The zero-order chi connectivity index (χ0) is 16.0. The lowest BCUT2D eigenvalue weighted by molar-refractivity contribution is -0.0350. The van der Waals surface area contributed by atoms with Gasteiger partial charge in [0.15, 0.2) is 0 Å². The predicted molar refractivity (Wildman–Crippen MR) is 87.7 cm³/mol. The average molecular weight is 313 g/mol. The normalized spacial score (nSPS) is 18.0. The fourth-order valence-corrected chi connectivity index (χ4v) is 2.89.